The molecule has 2 spiro atoms. The number of para-hydroxylation sites is 1. The molecule has 8 heteroatoms. The van der Waals surface area contributed by atoms with E-state index in [1.54, 1.807) is 19.0 Å². The fourth-order valence-corrected chi connectivity index (χ4v) is 5.88. The monoisotopic (exact) mass is 441 g/mol. The van der Waals surface area contributed by atoms with Crippen LogP contribution in [-0.4, -0.2) is 89.9 Å². The van der Waals surface area contributed by atoms with Crippen LogP contribution in [0.3, 0.4) is 0 Å². The van der Waals surface area contributed by atoms with E-state index in [-0.39, 0.29) is 28.9 Å². The lowest BCUT2D eigenvalue weighted by Gasteiger charge is -2.44. The van der Waals surface area contributed by atoms with Crippen molar-refractivity contribution in [3.8, 4) is 0 Å². The van der Waals surface area contributed by atoms with Crippen LogP contribution >= 0.6 is 0 Å². The van der Waals surface area contributed by atoms with Crippen LogP contribution in [0.1, 0.15) is 39.0 Å². The van der Waals surface area contributed by atoms with E-state index in [9.17, 15) is 14.4 Å². The number of urea groups is 2. The molecule has 3 heterocycles. The molecule has 5 amide bonds. The summed E-state index contributed by atoms with van der Waals surface area (Å²) in [6, 6.07) is 9.44. The zero-order valence-electron chi connectivity index (χ0n) is 19.5. The van der Waals surface area contributed by atoms with E-state index >= 15 is 0 Å². The van der Waals surface area contributed by atoms with Crippen LogP contribution in [0.25, 0.3) is 0 Å². The van der Waals surface area contributed by atoms with Gasteiger partial charge >= 0.3 is 12.1 Å². The molecule has 3 saturated heterocycles. The van der Waals surface area contributed by atoms with Crippen LogP contribution in [0.2, 0.25) is 0 Å². The molecule has 32 heavy (non-hydrogen) atoms. The van der Waals surface area contributed by atoms with E-state index in [0.29, 0.717) is 32.7 Å². The normalized spacial score (nSPS) is 21.8. The predicted octanol–water partition coefficient (Wildman–Crippen LogP) is 3.07. The summed E-state index contributed by atoms with van der Waals surface area (Å²) in [4.78, 5) is 46.1. The average molecular weight is 442 g/mol. The molecule has 0 radical (unpaired) electrons. The lowest BCUT2D eigenvalue weighted by molar-refractivity contribution is -0.140. The van der Waals surface area contributed by atoms with Crippen LogP contribution in [-0.2, 0) is 4.79 Å². The number of likely N-dealkylation sites (tertiary alicyclic amines) is 3. The maximum atomic E-state index is 13.6. The molecule has 174 valence electrons. The number of carbonyl (C=O) groups is 3. The van der Waals surface area contributed by atoms with Gasteiger partial charge in [-0.3, -0.25) is 4.79 Å². The van der Waals surface area contributed by atoms with Crippen LogP contribution < -0.4 is 5.32 Å². The minimum Gasteiger partial charge on any atom is -0.337 e. The highest BCUT2D eigenvalue weighted by Gasteiger charge is 2.59. The second-order valence-electron chi connectivity index (χ2n) is 9.68. The molecular formula is C24H35N5O3. The van der Waals surface area contributed by atoms with Gasteiger partial charge in [0.2, 0.25) is 5.91 Å². The number of hydrogen-bond donors (Lipinski definition) is 1. The number of rotatable bonds is 2. The van der Waals surface area contributed by atoms with E-state index in [1.165, 1.54) is 0 Å². The molecule has 3 aliphatic rings. The molecule has 3 fully saturated rings. The Bertz CT molecular complexity index is 856. The topological polar surface area (TPSA) is 76.2 Å². The number of nitrogens with one attached hydrogen (secondary N) is 1. The van der Waals surface area contributed by atoms with Crippen LogP contribution in [0.15, 0.2) is 30.3 Å². The van der Waals surface area contributed by atoms with Crippen molar-refractivity contribution in [2.75, 3.05) is 52.1 Å². The minimum absolute atomic E-state index is 0.0186. The van der Waals surface area contributed by atoms with Gasteiger partial charge in [-0.2, -0.15) is 0 Å². The summed E-state index contributed by atoms with van der Waals surface area (Å²) in [5.74, 6) is 0.249. The lowest BCUT2D eigenvalue weighted by Crippen LogP contribution is -2.54. The first-order valence-electron chi connectivity index (χ1n) is 11.7. The summed E-state index contributed by atoms with van der Waals surface area (Å²) >= 11 is 0. The quantitative estimate of drug-likeness (QED) is 0.766. The van der Waals surface area contributed by atoms with Crippen LogP contribution in [0, 0.1) is 5.41 Å². The van der Waals surface area contributed by atoms with Gasteiger partial charge in [-0.15, -0.1) is 0 Å². The van der Waals surface area contributed by atoms with Crippen molar-refractivity contribution in [3.63, 3.8) is 0 Å². The second kappa shape index (κ2) is 8.64. The standard InChI is InChI=1S/C24H35N5O3/c1-4-29-20(30)23(10-14-28(15-11-23)22(32)26(2)3)18-24(29)12-16-27(17-13-24)21(31)25-19-8-6-5-7-9-19/h5-9H,4,10-18H2,1-3H3,(H,25,31). The van der Waals surface area contributed by atoms with Gasteiger partial charge in [0.15, 0.2) is 0 Å². The van der Waals surface area contributed by atoms with Gasteiger partial charge in [0, 0.05) is 58.0 Å². The van der Waals surface area contributed by atoms with Crippen molar-refractivity contribution >= 4 is 23.7 Å². The summed E-state index contributed by atoms with van der Waals surface area (Å²) in [7, 11) is 3.53. The van der Waals surface area contributed by atoms with Crippen molar-refractivity contribution < 1.29 is 14.4 Å². The van der Waals surface area contributed by atoms with Crippen molar-refractivity contribution in [1.29, 1.82) is 0 Å². The van der Waals surface area contributed by atoms with Gasteiger partial charge in [0.25, 0.3) is 0 Å². The van der Waals surface area contributed by atoms with Gasteiger partial charge in [-0.1, -0.05) is 18.2 Å². The molecule has 1 aromatic carbocycles. The molecule has 0 atom stereocenters. The molecule has 1 aromatic rings. The fraction of sp³-hybridized carbons (Fsp3) is 0.625. The average Bonchev–Trinajstić information content (AvgIpc) is 3.01. The third-order valence-electron chi connectivity index (χ3n) is 7.64. The first-order chi connectivity index (χ1) is 15.3. The van der Waals surface area contributed by atoms with Gasteiger partial charge in [0.1, 0.15) is 0 Å². The Hall–Kier alpha value is -2.77. The third kappa shape index (κ3) is 3.91. The Kier molecular flexibility index (Phi) is 6.05. The number of benzene rings is 1. The first-order valence-corrected chi connectivity index (χ1v) is 11.7. The largest absolute Gasteiger partial charge is 0.337 e. The van der Waals surface area contributed by atoms with Crippen LogP contribution in [0.5, 0.6) is 0 Å². The molecule has 1 N–H and O–H groups in total. The SMILES string of the molecule is CCN1C(=O)C2(CCN(C(=O)N(C)C)CC2)CC12CCN(C(=O)Nc1ccccc1)CC2. The van der Waals surface area contributed by atoms with Crippen molar-refractivity contribution in [3.05, 3.63) is 30.3 Å². The summed E-state index contributed by atoms with van der Waals surface area (Å²) in [5.41, 5.74) is 0.249. The molecule has 0 aliphatic carbocycles. The van der Waals surface area contributed by atoms with Crippen LogP contribution in [0.4, 0.5) is 15.3 Å². The highest BCUT2D eigenvalue weighted by molar-refractivity contribution is 5.90. The minimum atomic E-state index is -0.367. The highest BCUT2D eigenvalue weighted by atomic mass is 16.2. The van der Waals surface area contributed by atoms with E-state index in [0.717, 1.165) is 37.8 Å². The molecule has 8 nitrogen and oxygen atoms in total. The van der Waals surface area contributed by atoms with Crippen molar-refractivity contribution in [1.82, 2.24) is 19.6 Å². The van der Waals surface area contributed by atoms with Gasteiger partial charge < -0.3 is 24.9 Å². The number of carbonyl (C=O) groups excluding carboxylic acids is 3. The van der Waals surface area contributed by atoms with E-state index < -0.39 is 0 Å². The maximum Gasteiger partial charge on any atom is 0.321 e. The zero-order chi connectivity index (χ0) is 22.9. The Morgan fingerprint density at radius 2 is 1.56 bits per heavy atom. The number of nitrogens with zero attached hydrogens (tertiary/aromatic N) is 4. The number of piperidine rings is 2. The van der Waals surface area contributed by atoms with Crippen molar-refractivity contribution in [2.45, 2.75) is 44.6 Å². The zero-order valence-corrected chi connectivity index (χ0v) is 19.5. The number of hydrogen-bond acceptors (Lipinski definition) is 3. The molecule has 0 saturated carbocycles. The molecule has 0 unspecified atom stereocenters. The second-order valence-corrected chi connectivity index (χ2v) is 9.68. The molecular weight excluding hydrogens is 406 g/mol. The lowest BCUT2D eigenvalue weighted by atomic mass is 9.71. The van der Waals surface area contributed by atoms with E-state index in [2.05, 4.69) is 17.1 Å². The summed E-state index contributed by atoms with van der Waals surface area (Å²) in [6.45, 7) is 5.28. The van der Waals surface area contributed by atoms with E-state index in [4.69, 9.17) is 0 Å². The number of amides is 5. The molecule has 3 aliphatic heterocycles. The smallest absolute Gasteiger partial charge is 0.321 e. The summed E-state index contributed by atoms with van der Waals surface area (Å²) in [5, 5.41) is 2.97. The van der Waals surface area contributed by atoms with Gasteiger partial charge in [-0.05, 0) is 51.2 Å². The van der Waals surface area contributed by atoms with Gasteiger partial charge in [0.05, 0.1) is 5.41 Å². The predicted molar refractivity (Wildman–Crippen MR) is 123 cm³/mol. The van der Waals surface area contributed by atoms with Gasteiger partial charge in [-0.25, -0.2) is 9.59 Å². The molecule has 0 bridgehead atoms. The Morgan fingerprint density at radius 1 is 0.969 bits per heavy atom. The highest BCUT2D eigenvalue weighted by Crippen LogP contribution is 2.52. The first kappa shape index (κ1) is 22.4. The van der Waals surface area contributed by atoms with Crippen molar-refractivity contribution in [2.24, 2.45) is 5.41 Å². The Morgan fingerprint density at radius 3 is 2.12 bits per heavy atom. The molecule has 4 rings (SSSR count). The van der Waals surface area contributed by atoms with E-state index in [1.807, 2.05) is 40.1 Å². The Balaban J connectivity index is 1.41. The summed E-state index contributed by atoms with van der Waals surface area (Å²) in [6.07, 6.45) is 3.89. The fourth-order valence-electron chi connectivity index (χ4n) is 5.88. The number of anilines is 1. The molecule has 0 aromatic heterocycles. The summed E-state index contributed by atoms with van der Waals surface area (Å²) < 4.78 is 0. The Labute approximate surface area is 190 Å². The third-order valence-corrected chi connectivity index (χ3v) is 7.64. The maximum absolute atomic E-state index is 13.6.